The molecule has 0 spiro atoms. The molecule has 8 heteroatoms. The lowest BCUT2D eigenvalue weighted by Crippen LogP contribution is -2.05. The quantitative estimate of drug-likeness (QED) is 0.290. The first-order valence-electron chi connectivity index (χ1n) is 10.6. The summed E-state index contributed by atoms with van der Waals surface area (Å²) in [7, 11) is 1.65. The summed E-state index contributed by atoms with van der Waals surface area (Å²) in [5.74, 6) is 2.18. The van der Waals surface area contributed by atoms with Crippen molar-refractivity contribution in [1.29, 1.82) is 0 Å². The molecular formula is C24H26N4O4. The Bertz CT molecular complexity index is 1230. The maximum absolute atomic E-state index is 12.0. The smallest absolute Gasteiger partial charge is 0.184 e. The number of nitrogens with zero attached hydrogens (tertiary/aromatic N) is 3. The average Bonchev–Trinajstić information content (AvgIpc) is 3.44. The molecule has 4 aromatic rings. The highest BCUT2D eigenvalue weighted by Gasteiger charge is 2.13. The Labute approximate surface area is 186 Å². The third kappa shape index (κ3) is 5.03. The number of pyridine rings is 1. The summed E-state index contributed by atoms with van der Waals surface area (Å²) >= 11 is 0. The number of carbonyl (C=O) groups is 1. The molecule has 3 aromatic heterocycles. The SMILES string of the molecule is COc1cc2nc(C)ccc2cc1-c1cnc(CCOCCCC(=O)c2cc(C)on2)[nH]1. The molecule has 0 saturated heterocycles. The number of aryl methyl sites for hydroxylation is 2. The van der Waals surface area contributed by atoms with Gasteiger partial charge in [-0.15, -0.1) is 0 Å². The van der Waals surface area contributed by atoms with Gasteiger partial charge < -0.3 is 19.0 Å². The second-order valence-corrected chi connectivity index (χ2v) is 7.65. The fraction of sp³-hybridized carbons (Fsp3) is 0.333. The van der Waals surface area contributed by atoms with E-state index in [1.54, 1.807) is 26.3 Å². The van der Waals surface area contributed by atoms with Crippen molar-refractivity contribution in [3.05, 3.63) is 59.5 Å². The van der Waals surface area contributed by atoms with Crippen molar-refractivity contribution in [3.8, 4) is 17.0 Å². The first-order valence-corrected chi connectivity index (χ1v) is 10.6. The largest absolute Gasteiger partial charge is 0.496 e. The van der Waals surface area contributed by atoms with Crippen molar-refractivity contribution in [2.45, 2.75) is 33.1 Å². The van der Waals surface area contributed by atoms with Gasteiger partial charge in [0.05, 0.1) is 31.1 Å². The summed E-state index contributed by atoms with van der Waals surface area (Å²) in [5, 5.41) is 4.78. The van der Waals surface area contributed by atoms with Crippen LogP contribution in [0, 0.1) is 13.8 Å². The van der Waals surface area contributed by atoms with E-state index in [0.717, 1.165) is 39.4 Å². The molecule has 0 aliphatic rings. The molecular weight excluding hydrogens is 408 g/mol. The summed E-state index contributed by atoms with van der Waals surface area (Å²) in [4.78, 5) is 24.4. The van der Waals surface area contributed by atoms with E-state index < -0.39 is 0 Å². The second kappa shape index (κ2) is 9.74. The zero-order chi connectivity index (χ0) is 22.5. The molecule has 166 valence electrons. The van der Waals surface area contributed by atoms with Crippen molar-refractivity contribution in [3.63, 3.8) is 0 Å². The summed E-state index contributed by atoms with van der Waals surface area (Å²) in [6, 6.07) is 9.71. The van der Waals surface area contributed by atoms with E-state index in [1.807, 2.05) is 19.1 Å². The van der Waals surface area contributed by atoms with Crippen LogP contribution in [0.1, 0.15) is 40.6 Å². The Balaban J connectivity index is 1.29. The Morgan fingerprint density at radius 2 is 2.03 bits per heavy atom. The fourth-order valence-electron chi connectivity index (χ4n) is 3.49. The molecule has 4 rings (SSSR count). The number of carbonyl (C=O) groups excluding carboxylic acids is 1. The molecule has 1 N–H and O–H groups in total. The molecule has 32 heavy (non-hydrogen) atoms. The molecule has 0 amide bonds. The standard InChI is InChI=1S/C24H26N4O4/c1-15-6-7-17-12-18(23(30-3)13-19(17)26-15)21-14-25-24(27-21)8-10-31-9-4-5-22(29)20-11-16(2)32-28-20/h6-7,11-14H,4-5,8-10H2,1-3H3,(H,25,27). The number of methoxy groups -OCH3 is 1. The van der Waals surface area contributed by atoms with Crippen molar-refractivity contribution in [2.75, 3.05) is 20.3 Å². The first kappa shape index (κ1) is 21.7. The number of Topliss-reactive ketones (excluding diaryl/α,β-unsaturated/α-hetero) is 1. The Morgan fingerprint density at radius 1 is 1.16 bits per heavy atom. The van der Waals surface area contributed by atoms with Gasteiger partial charge in [-0.2, -0.15) is 0 Å². The van der Waals surface area contributed by atoms with Crippen LogP contribution in [0.25, 0.3) is 22.2 Å². The van der Waals surface area contributed by atoms with Crippen LogP contribution in [-0.4, -0.2) is 46.2 Å². The van der Waals surface area contributed by atoms with Crippen LogP contribution < -0.4 is 4.74 Å². The number of benzene rings is 1. The number of aromatic nitrogens is 4. The zero-order valence-corrected chi connectivity index (χ0v) is 18.5. The Morgan fingerprint density at radius 3 is 2.81 bits per heavy atom. The van der Waals surface area contributed by atoms with Crippen molar-refractivity contribution < 1.29 is 18.8 Å². The molecule has 0 bridgehead atoms. The third-order valence-corrected chi connectivity index (χ3v) is 5.16. The van der Waals surface area contributed by atoms with E-state index in [2.05, 4.69) is 32.2 Å². The predicted octanol–water partition coefficient (Wildman–Crippen LogP) is 4.46. The molecule has 8 nitrogen and oxygen atoms in total. The monoisotopic (exact) mass is 434 g/mol. The number of aromatic amines is 1. The number of nitrogens with one attached hydrogen (secondary N) is 1. The highest BCUT2D eigenvalue weighted by Crippen LogP contribution is 2.32. The van der Waals surface area contributed by atoms with E-state index in [9.17, 15) is 4.79 Å². The minimum absolute atomic E-state index is 0.0316. The molecule has 0 atom stereocenters. The number of hydrogen-bond acceptors (Lipinski definition) is 7. The van der Waals surface area contributed by atoms with Gasteiger partial charge in [-0.3, -0.25) is 9.78 Å². The summed E-state index contributed by atoms with van der Waals surface area (Å²) in [6.45, 7) is 4.75. The molecule has 0 radical (unpaired) electrons. The normalized spacial score (nSPS) is 11.2. The van der Waals surface area contributed by atoms with Crippen molar-refractivity contribution in [1.82, 2.24) is 20.1 Å². The van der Waals surface area contributed by atoms with Crippen LogP contribution >= 0.6 is 0 Å². The van der Waals surface area contributed by atoms with Gasteiger partial charge in [0.15, 0.2) is 5.78 Å². The number of H-pyrrole nitrogens is 1. The molecule has 3 heterocycles. The van der Waals surface area contributed by atoms with Gasteiger partial charge in [0.2, 0.25) is 0 Å². The van der Waals surface area contributed by atoms with Crippen LogP contribution in [0.3, 0.4) is 0 Å². The first-order chi connectivity index (χ1) is 15.5. The van der Waals surface area contributed by atoms with E-state index in [0.29, 0.717) is 43.9 Å². The minimum Gasteiger partial charge on any atom is -0.496 e. The lowest BCUT2D eigenvalue weighted by molar-refractivity contribution is 0.0931. The van der Waals surface area contributed by atoms with Crippen LogP contribution in [0.4, 0.5) is 0 Å². The summed E-state index contributed by atoms with van der Waals surface area (Å²) in [5.41, 5.74) is 4.06. The Kier molecular flexibility index (Phi) is 6.61. The molecule has 0 saturated carbocycles. The van der Waals surface area contributed by atoms with Crippen LogP contribution in [0.2, 0.25) is 0 Å². The van der Waals surface area contributed by atoms with Crippen molar-refractivity contribution in [2.24, 2.45) is 0 Å². The van der Waals surface area contributed by atoms with Crippen molar-refractivity contribution >= 4 is 16.7 Å². The number of fused-ring (bicyclic) bond motifs is 1. The van der Waals surface area contributed by atoms with Gasteiger partial charge in [0, 0.05) is 48.2 Å². The zero-order valence-electron chi connectivity index (χ0n) is 18.5. The van der Waals surface area contributed by atoms with Crippen LogP contribution in [0.15, 0.2) is 41.1 Å². The molecule has 0 fully saturated rings. The lowest BCUT2D eigenvalue weighted by atomic mass is 10.1. The van der Waals surface area contributed by atoms with Crippen LogP contribution in [0.5, 0.6) is 5.75 Å². The highest BCUT2D eigenvalue weighted by molar-refractivity contribution is 5.94. The predicted molar refractivity (Wildman–Crippen MR) is 120 cm³/mol. The van der Waals surface area contributed by atoms with E-state index in [1.165, 1.54) is 0 Å². The fourth-order valence-corrected chi connectivity index (χ4v) is 3.49. The molecule has 0 unspecified atom stereocenters. The highest BCUT2D eigenvalue weighted by atomic mass is 16.5. The van der Waals surface area contributed by atoms with Gasteiger partial charge >= 0.3 is 0 Å². The number of ketones is 1. The van der Waals surface area contributed by atoms with E-state index in [4.69, 9.17) is 14.0 Å². The molecule has 0 aliphatic carbocycles. The maximum Gasteiger partial charge on any atom is 0.184 e. The average molecular weight is 434 g/mol. The van der Waals surface area contributed by atoms with E-state index in [-0.39, 0.29) is 5.78 Å². The van der Waals surface area contributed by atoms with Crippen LogP contribution in [-0.2, 0) is 11.2 Å². The Hall–Kier alpha value is -3.52. The maximum atomic E-state index is 12.0. The summed E-state index contributed by atoms with van der Waals surface area (Å²) in [6.07, 6.45) is 3.47. The summed E-state index contributed by atoms with van der Waals surface area (Å²) < 4.78 is 16.2. The third-order valence-electron chi connectivity index (χ3n) is 5.16. The van der Waals surface area contributed by atoms with Gasteiger partial charge in [0.25, 0.3) is 0 Å². The number of ether oxygens (including phenoxy) is 2. The van der Waals surface area contributed by atoms with Gasteiger partial charge in [-0.1, -0.05) is 11.2 Å². The molecule has 1 aromatic carbocycles. The number of imidazole rings is 1. The van der Waals surface area contributed by atoms with Gasteiger partial charge in [-0.05, 0) is 32.4 Å². The minimum atomic E-state index is -0.0316. The van der Waals surface area contributed by atoms with Gasteiger partial charge in [-0.25, -0.2) is 4.98 Å². The number of rotatable bonds is 10. The van der Waals surface area contributed by atoms with Gasteiger partial charge in [0.1, 0.15) is 23.0 Å². The topological polar surface area (TPSA) is 103 Å². The van der Waals surface area contributed by atoms with E-state index >= 15 is 0 Å². The number of hydrogen-bond donors (Lipinski definition) is 1. The molecule has 0 aliphatic heterocycles. The second-order valence-electron chi connectivity index (χ2n) is 7.65. The lowest BCUT2D eigenvalue weighted by Gasteiger charge is -2.09.